The number of unbranched alkanes of at least 4 members (excludes halogenated alkanes) is 2. The third kappa shape index (κ3) is 6.84. The van der Waals surface area contributed by atoms with Gasteiger partial charge in [0.05, 0.1) is 12.3 Å². The Hall–Kier alpha value is -3.71. The molecule has 0 spiro atoms. The van der Waals surface area contributed by atoms with Crippen LogP contribution in [-0.2, 0) is 17.6 Å². The van der Waals surface area contributed by atoms with E-state index in [1.807, 2.05) is 0 Å². The van der Waals surface area contributed by atoms with E-state index in [9.17, 15) is 17.6 Å². The monoisotopic (exact) mass is 536 g/mol. The van der Waals surface area contributed by atoms with Crippen molar-refractivity contribution in [2.45, 2.75) is 51.6 Å². The van der Waals surface area contributed by atoms with Crippen LogP contribution in [0.1, 0.15) is 61.0 Å². The summed E-state index contributed by atoms with van der Waals surface area (Å²) in [6, 6.07) is 13.0. The average molecular weight is 537 g/mol. The van der Waals surface area contributed by atoms with Gasteiger partial charge < -0.3 is 10.5 Å². The third-order valence-corrected chi connectivity index (χ3v) is 6.88. The molecule has 3 aromatic rings. The number of benzene rings is 3. The van der Waals surface area contributed by atoms with Gasteiger partial charge in [0.25, 0.3) is 0 Å². The molecule has 0 bridgehead atoms. The number of hydrogen-bond acceptors (Lipinski definition) is 3. The highest BCUT2D eigenvalue weighted by Crippen LogP contribution is 2.35. The number of aryl methyl sites for hydroxylation is 2. The van der Waals surface area contributed by atoms with Crippen LogP contribution in [-0.4, -0.2) is 12.8 Å². The Balaban J connectivity index is 1.40. The Morgan fingerprint density at radius 1 is 0.949 bits per heavy atom. The SMILES string of the molecule is C=C(/N=C\C(=C/N)CCCCC)c1ccc(CCc2ccc(-c3ccc(C4CO4)c(F)c3F)cc2)c(F)c1F. The minimum atomic E-state index is -0.994. The number of hydrogen-bond donors (Lipinski definition) is 1. The van der Waals surface area contributed by atoms with Crippen LogP contribution in [0.2, 0.25) is 0 Å². The second-order valence-electron chi connectivity index (χ2n) is 9.65. The second-order valence-corrected chi connectivity index (χ2v) is 9.65. The molecule has 1 unspecified atom stereocenters. The first-order valence-electron chi connectivity index (χ1n) is 13.1. The molecular weight excluding hydrogens is 504 g/mol. The van der Waals surface area contributed by atoms with Crippen LogP contribution in [0.25, 0.3) is 16.8 Å². The van der Waals surface area contributed by atoms with Crippen molar-refractivity contribution in [2.75, 3.05) is 6.61 Å². The maximum Gasteiger partial charge on any atom is 0.168 e. The molecule has 1 heterocycles. The van der Waals surface area contributed by atoms with Crippen LogP contribution < -0.4 is 5.73 Å². The molecular formula is C32H32F4N2O. The van der Waals surface area contributed by atoms with Crippen LogP contribution >= 0.6 is 0 Å². The van der Waals surface area contributed by atoms with E-state index < -0.39 is 23.3 Å². The molecule has 1 aliphatic heterocycles. The van der Waals surface area contributed by atoms with Crippen molar-refractivity contribution < 1.29 is 22.3 Å². The normalized spacial score (nSPS) is 15.2. The molecule has 204 valence electrons. The van der Waals surface area contributed by atoms with Gasteiger partial charge in [-0.2, -0.15) is 0 Å². The quantitative estimate of drug-likeness (QED) is 0.110. The highest BCUT2D eigenvalue weighted by molar-refractivity contribution is 5.84. The van der Waals surface area contributed by atoms with Gasteiger partial charge in [-0.1, -0.05) is 68.8 Å². The summed E-state index contributed by atoms with van der Waals surface area (Å²) < 4.78 is 63.8. The Kier molecular flexibility index (Phi) is 9.36. The van der Waals surface area contributed by atoms with Gasteiger partial charge in [-0.3, -0.25) is 4.99 Å². The van der Waals surface area contributed by atoms with Crippen LogP contribution in [0.5, 0.6) is 0 Å². The lowest BCUT2D eigenvalue weighted by Crippen LogP contribution is -2.01. The van der Waals surface area contributed by atoms with E-state index in [0.717, 1.165) is 36.8 Å². The van der Waals surface area contributed by atoms with E-state index in [1.54, 1.807) is 42.6 Å². The van der Waals surface area contributed by atoms with E-state index in [1.165, 1.54) is 18.3 Å². The number of epoxide rings is 1. The predicted molar refractivity (Wildman–Crippen MR) is 148 cm³/mol. The summed E-state index contributed by atoms with van der Waals surface area (Å²) in [7, 11) is 0. The zero-order valence-electron chi connectivity index (χ0n) is 22.0. The lowest BCUT2D eigenvalue weighted by atomic mass is 9.97. The fraction of sp³-hybridized carbons (Fsp3) is 0.281. The fourth-order valence-corrected chi connectivity index (χ4v) is 4.40. The maximum atomic E-state index is 14.9. The third-order valence-electron chi connectivity index (χ3n) is 6.88. The van der Waals surface area contributed by atoms with E-state index in [0.29, 0.717) is 18.6 Å². The smallest absolute Gasteiger partial charge is 0.168 e. The zero-order valence-corrected chi connectivity index (χ0v) is 22.0. The number of halogens is 4. The maximum absolute atomic E-state index is 14.9. The number of rotatable bonds is 12. The summed E-state index contributed by atoms with van der Waals surface area (Å²) in [5, 5.41) is 0. The molecule has 1 atom stereocenters. The number of ether oxygens (including phenoxy) is 1. The molecule has 1 saturated heterocycles. The van der Waals surface area contributed by atoms with Crippen LogP contribution in [0.4, 0.5) is 17.6 Å². The van der Waals surface area contributed by atoms with Crippen molar-refractivity contribution in [2.24, 2.45) is 10.7 Å². The summed E-state index contributed by atoms with van der Waals surface area (Å²) >= 11 is 0. The Morgan fingerprint density at radius 3 is 2.36 bits per heavy atom. The first-order valence-corrected chi connectivity index (χ1v) is 13.1. The molecule has 0 aliphatic carbocycles. The predicted octanol–water partition coefficient (Wildman–Crippen LogP) is 8.23. The van der Waals surface area contributed by atoms with Gasteiger partial charge in [0, 0.05) is 22.9 Å². The summed E-state index contributed by atoms with van der Waals surface area (Å²) in [4.78, 5) is 4.20. The molecule has 1 fully saturated rings. The van der Waals surface area contributed by atoms with Crippen molar-refractivity contribution in [1.29, 1.82) is 0 Å². The van der Waals surface area contributed by atoms with E-state index in [4.69, 9.17) is 10.5 Å². The zero-order chi connectivity index (χ0) is 27.9. The molecule has 4 rings (SSSR count). The van der Waals surface area contributed by atoms with Crippen LogP contribution in [0.15, 0.2) is 71.9 Å². The van der Waals surface area contributed by atoms with Crippen molar-refractivity contribution in [1.82, 2.24) is 0 Å². The Bertz CT molecular complexity index is 1390. The highest BCUT2D eigenvalue weighted by Gasteiger charge is 2.30. The molecule has 3 nitrogen and oxygen atoms in total. The number of aliphatic imine (C=N–C) groups is 1. The second kappa shape index (κ2) is 12.9. The van der Waals surface area contributed by atoms with Crippen molar-refractivity contribution in [3.63, 3.8) is 0 Å². The van der Waals surface area contributed by atoms with Gasteiger partial charge >= 0.3 is 0 Å². The molecule has 2 N–H and O–H groups in total. The molecule has 0 radical (unpaired) electrons. The fourth-order valence-electron chi connectivity index (χ4n) is 4.40. The van der Waals surface area contributed by atoms with Crippen molar-refractivity contribution in [3.05, 3.63) is 112 Å². The molecule has 0 amide bonds. The van der Waals surface area contributed by atoms with Crippen LogP contribution in [0, 0.1) is 23.3 Å². The number of allylic oxidation sites excluding steroid dienone is 1. The lowest BCUT2D eigenvalue weighted by Gasteiger charge is -2.10. The topological polar surface area (TPSA) is 50.9 Å². The van der Waals surface area contributed by atoms with Gasteiger partial charge in [0.1, 0.15) is 6.10 Å². The van der Waals surface area contributed by atoms with E-state index in [2.05, 4.69) is 18.5 Å². The minimum absolute atomic E-state index is 0.00434. The number of nitrogens with zero attached hydrogens (tertiary/aromatic N) is 1. The first kappa shape index (κ1) is 28.3. The molecule has 0 aromatic heterocycles. The minimum Gasteiger partial charge on any atom is -0.404 e. The van der Waals surface area contributed by atoms with Gasteiger partial charge in [-0.15, -0.1) is 0 Å². The van der Waals surface area contributed by atoms with Gasteiger partial charge in [-0.25, -0.2) is 17.6 Å². The first-order chi connectivity index (χ1) is 18.8. The van der Waals surface area contributed by atoms with Gasteiger partial charge in [0.15, 0.2) is 23.3 Å². The average Bonchev–Trinajstić information content (AvgIpc) is 3.78. The lowest BCUT2D eigenvalue weighted by molar-refractivity contribution is 0.401. The van der Waals surface area contributed by atoms with Crippen molar-refractivity contribution in [3.8, 4) is 11.1 Å². The highest BCUT2D eigenvalue weighted by atomic mass is 19.2. The summed E-state index contributed by atoms with van der Waals surface area (Å²) in [5.74, 6) is -3.73. The van der Waals surface area contributed by atoms with E-state index in [-0.39, 0.29) is 40.5 Å². The van der Waals surface area contributed by atoms with Crippen molar-refractivity contribution >= 4 is 11.9 Å². The summed E-state index contributed by atoms with van der Waals surface area (Å²) in [5.41, 5.74) is 8.56. The number of nitrogens with two attached hydrogens (primary N) is 1. The van der Waals surface area contributed by atoms with E-state index >= 15 is 0 Å². The molecule has 39 heavy (non-hydrogen) atoms. The van der Waals surface area contributed by atoms with Gasteiger partial charge in [-0.05, 0) is 60.2 Å². The largest absolute Gasteiger partial charge is 0.404 e. The van der Waals surface area contributed by atoms with Gasteiger partial charge in [0.2, 0.25) is 0 Å². The molecule has 0 saturated carbocycles. The summed E-state index contributed by atoms with van der Waals surface area (Å²) in [6.07, 6.45) is 7.21. The molecule has 7 heteroatoms. The van der Waals surface area contributed by atoms with Crippen LogP contribution in [0.3, 0.4) is 0 Å². The molecule has 1 aliphatic rings. The Morgan fingerprint density at radius 2 is 1.69 bits per heavy atom. The standard InChI is InChI=1S/C32H32F4N2O/c1-3-4-5-6-22(17-37)18-38-20(2)25-14-13-24(29(33)30(25)34)12-9-21-7-10-23(11-8-21)26-15-16-27(28-19-39-28)32(36)31(26)35/h7-8,10-11,13-18,28H,2-6,9,12,19,37H2,1H3/b22-17-,38-18-. The Labute approximate surface area is 226 Å². The molecule has 3 aromatic carbocycles. The summed E-state index contributed by atoms with van der Waals surface area (Å²) in [6.45, 7) is 6.29.